The molecule has 0 aromatic heterocycles. The van der Waals surface area contributed by atoms with Crippen molar-refractivity contribution < 1.29 is 24.2 Å². The molecule has 236 valence electrons. The second-order valence-corrected chi connectivity index (χ2v) is 13.8. The summed E-state index contributed by atoms with van der Waals surface area (Å²) in [5.41, 5.74) is 1.80. The van der Waals surface area contributed by atoms with Gasteiger partial charge in [-0.15, -0.1) is 24.9 Å². The third kappa shape index (κ3) is 6.12. The summed E-state index contributed by atoms with van der Waals surface area (Å²) in [5, 5.41) is 10.4. The van der Waals surface area contributed by atoms with Gasteiger partial charge in [0, 0.05) is 36.3 Å². The van der Waals surface area contributed by atoms with Crippen LogP contribution in [0.3, 0.4) is 0 Å². The van der Waals surface area contributed by atoms with Crippen molar-refractivity contribution in [3.05, 3.63) is 49.6 Å². The number of carbonyl (C=O) groups excluding carboxylic acids is 3. The lowest BCUT2D eigenvalue weighted by Crippen LogP contribution is -2.58. The monoisotopic (exact) mass is 611 g/mol. The summed E-state index contributed by atoms with van der Waals surface area (Å²) >= 11 is 1.62. The Balaban J connectivity index is 1.70. The molecule has 3 saturated heterocycles. The van der Waals surface area contributed by atoms with Crippen molar-refractivity contribution in [2.24, 2.45) is 17.8 Å². The maximum absolute atomic E-state index is 14.8. The van der Waals surface area contributed by atoms with E-state index in [9.17, 15) is 19.5 Å². The molecule has 2 unspecified atom stereocenters. The molecule has 3 aliphatic heterocycles. The molecule has 1 spiro atoms. The van der Waals surface area contributed by atoms with Crippen LogP contribution in [0.2, 0.25) is 0 Å². The first-order valence-electron chi connectivity index (χ1n) is 15.9. The van der Waals surface area contributed by atoms with E-state index >= 15 is 0 Å². The summed E-state index contributed by atoms with van der Waals surface area (Å²) < 4.78 is 4.97. The second kappa shape index (κ2) is 14.3. The summed E-state index contributed by atoms with van der Waals surface area (Å²) in [5.74, 6) is -2.10. The summed E-state index contributed by atoms with van der Waals surface area (Å²) in [7, 11) is 0. The van der Waals surface area contributed by atoms with Crippen LogP contribution in [0.15, 0.2) is 49.6 Å². The third-order valence-corrected chi connectivity index (χ3v) is 11.4. The SMILES string of the molecule is C=CCCCCOC(=O)[C@@H]1[C@H]2C(=O)N([C@@H](CO)C(C)C)C(C(=O)N(CC=C)c3ccc(N(CC)CC)cc3)C23CC[C@H]1S3. The Kier molecular flexibility index (Phi) is 11.0. The molecular formula is C34H49N3O5S. The smallest absolute Gasteiger partial charge is 0.310 e. The van der Waals surface area contributed by atoms with E-state index in [-0.39, 0.29) is 42.1 Å². The van der Waals surface area contributed by atoms with E-state index in [2.05, 4.69) is 31.9 Å². The second-order valence-electron chi connectivity index (χ2n) is 12.2. The van der Waals surface area contributed by atoms with Gasteiger partial charge in [-0.1, -0.05) is 26.0 Å². The van der Waals surface area contributed by atoms with Crippen LogP contribution in [0, 0.1) is 17.8 Å². The Morgan fingerprint density at radius 2 is 1.81 bits per heavy atom. The lowest BCUT2D eigenvalue weighted by atomic mass is 9.71. The van der Waals surface area contributed by atoms with Crippen LogP contribution in [-0.4, -0.2) is 82.7 Å². The van der Waals surface area contributed by atoms with Gasteiger partial charge >= 0.3 is 5.97 Å². The van der Waals surface area contributed by atoms with Crippen LogP contribution >= 0.6 is 11.8 Å². The maximum Gasteiger partial charge on any atom is 0.310 e. The maximum atomic E-state index is 14.8. The number of benzene rings is 1. The van der Waals surface area contributed by atoms with Gasteiger partial charge in [0.05, 0.1) is 35.8 Å². The number of amides is 2. The number of nitrogens with zero attached hydrogens (tertiary/aromatic N) is 3. The van der Waals surface area contributed by atoms with Crippen molar-refractivity contribution in [3.8, 4) is 0 Å². The lowest BCUT2D eigenvalue weighted by Gasteiger charge is -2.40. The fourth-order valence-electron chi connectivity index (χ4n) is 7.31. The molecule has 2 bridgehead atoms. The molecule has 0 aliphatic carbocycles. The number of unbranched alkanes of at least 4 members (excludes halogenated alkanes) is 2. The number of carbonyl (C=O) groups is 3. The number of ether oxygens (including phenoxy) is 1. The molecule has 6 atom stereocenters. The molecule has 1 aromatic carbocycles. The zero-order valence-corrected chi connectivity index (χ0v) is 27.1. The predicted molar refractivity (Wildman–Crippen MR) is 174 cm³/mol. The number of likely N-dealkylation sites (tertiary alicyclic amines) is 1. The Morgan fingerprint density at radius 3 is 2.40 bits per heavy atom. The topological polar surface area (TPSA) is 90.4 Å². The fraction of sp³-hybridized carbons (Fsp3) is 0.618. The first-order chi connectivity index (χ1) is 20.7. The van der Waals surface area contributed by atoms with Crippen molar-refractivity contribution in [1.29, 1.82) is 0 Å². The zero-order valence-electron chi connectivity index (χ0n) is 26.2. The number of rotatable bonds is 16. The lowest BCUT2D eigenvalue weighted by molar-refractivity contribution is -0.154. The number of hydrogen-bond donors (Lipinski definition) is 1. The number of esters is 1. The average molecular weight is 612 g/mol. The molecule has 0 saturated carbocycles. The third-order valence-electron chi connectivity index (χ3n) is 9.47. The Morgan fingerprint density at radius 1 is 1.14 bits per heavy atom. The van der Waals surface area contributed by atoms with Crippen LogP contribution < -0.4 is 9.80 Å². The average Bonchev–Trinajstić information content (AvgIpc) is 3.64. The summed E-state index contributed by atoms with van der Waals surface area (Å²) in [6.45, 7) is 17.9. The molecular weight excluding hydrogens is 562 g/mol. The molecule has 9 heteroatoms. The van der Waals surface area contributed by atoms with Gasteiger partial charge in [-0.3, -0.25) is 14.4 Å². The summed E-state index contributed by atoms with van der Waals surface area (Å²) in [4.78, 5) is 48.3. The Hall–Kier alpha value is -2.78. The summed E-state index contributed by atoms with van der Waals surface area (Å²) in [6.07, 6.45) is 7.44. The Bertz CT molecular complexity index is 1170. The fourth-order valence-corrected chi connectivity index (χ4v) is 9.49. The number of aliphatic hydroxyl groups is 1. The van der Waals surface area contributed by atoms with E-state index in [1.54, 1.807) is 27.6 Å². The van der Waals surface area contributed by atoms with E-state index in [4.69, 9.17) is 4.74 Å². The normalized spacial score (nSPS) is 26.4. The standard InChI is InChI=1S/C34H49N3O5S/c1-7-11-12-13-21-42-33(41)28-27-18-19-34(43-27)29(28)31(39)37(26(22-38)23(5)6)30(34)32(40)36(20-8-2)25-16-14-24(15-17-25)35(9-3)10-4/h7-8,14-17,23,26-30,38H,1-2,9-13,18-22H2,3-6H3/t26-,27+,28-,29-,30?,34?/m0/s1. The van der Waals surface area contributed by atoms with Crippen molar-refractivity contribution in [2.75, 3.05) is 42.6 Å². The van der Waals surface area contributed by atoms with Gasteiger partial charge in [0.1, 0.15) is 6.04 Å². The first-order valence-corrected chi connectivity index (χ1v) is 16.7. The Labute approximate surface area is 261 Å². The molecule has 0 radical (unpaired) electrons. The van der Waals surface area contributed by atoms with Gasteiger partial charge in [-0.25, -0.2) is 0 Å². The molecule has 3 aliphatic rings. The minimum Gasteiger partial charge on any atom is -0.465 e. The number of thioether (sulfide) groups is 1. The number of allylic oxidation sites excluding steroid dienone is 1. The minimum atomic E-state index is -0.813. The van der Waals surface area contributed by atoms with Gasteiger partial charge in [0.2, 0.25) is 5.91 Å². The van der Waals surface area contributed by atoms with Gasteiger partial charge in [-0.05, 0) is 76.1 Å². The zero-order chi connectivity index (χ0) is 31.3. The quantitative estimate of drug-likeness (QED) is 0.159. The number of hydrogen-bond acceptors (Lipinski definition) is 7. The largest absolute Gasteiger partial charge is 0.465 e. The first kappa shape index (κ1) is 33.1. The van der Waals surface area contributed by atoms with E-state index in [1.165, 1.54) is 0 Å². The highest BCUT2D eigenvalue weighted by molar-refractivity contribution is 8.02. The van der Waals surface area contributed by atoms with Gasteiger partial charge in [-0.2, -0.15) is 0 Å². The minimum absolute atomic E-state index is 0.0695. The molecule has 3 heterocycles. The van der Waals surface area contributed by atoms with Crippen molar-refractivity contribution in [1.82, 2.24) is 4.90 Å². The molecule has 43 heavy (non-hydrogen) atoms. The van der Waals surface area contributed by atoms with Crippen molar-refractivity contribution in [2.45, 2.75) is 81.9 Å². The van der Waals surface area contributed by atoms with Crippen LogP contribution in [0.1, 0.15) is 59.8 Å². The van der Waals surface area contributed by atoms with Gasteiger partial charge in [0.25, 0.3) is 5.91 Å². The molecule has 4 rings (SSSR count). The van der Waals surface area contributed by atoms with E-state index in [1.807, 2.05) is 44.2 Å². The molecule has 8 nitrogen and oxygen atoms in total. The number of fused-ring (bicyclic) bond motifs is 1. The number of anilines is 2. The highest BCUT2D eigenvalue weighted by Crippen LogP contribution is 2.67. The van der Waals surface area contributed by atoms with E-state index < -0.39 is 28.7 Å². The van der Waals surface area contributed by atoms with Crippen molar-refractivity contribution in [3.63, 3.8) is 0 Å². The number of aliphatic hydroxyl groups excluding tert-OH is 1. The molecule has 1 aromatic rings. The summed E-state index contributed by atoms with van der Waals surface area (Å²) in [6, 6.07) is 6.57. The molecule has 2 amide bonds. The highest BCUT2D eigenvalue weighted by atomic mass is 32.2. The van der Waals surface area contributed by atoms with E-state index in [0.29, 0.717) is 13.0 Å². The molecule has 1 N–H and O–H groups in total. The van der Waals surface area contributed by atoms with Crippen molar-refractivity contribution >= 4 is 40.9 Å². The van der Waals surface area contributed by atoms with E-state index in [0.717, 1.165) is 50.1 Å². The highest BCUT2D eigenvalue weighted by Gasteiger charge is 2.75. The van der Waals surface area contributed by atoms with Crippen LogP contribution in [0.4, 0.5) is 11.4 Å². The predicted octanol–water partition coefficient (Wildman–Crippen LogP) is 5.06. The van der Waals surface area contributed by atoms with Crippen LogP contribution in [0.5, 0.6) is 0 Å². The molecule has 3 fully saturated rings. The van der Waals surface area contributed by atoms with Crippen LogP contribution in [-0.2, 0) is 19.1 Å². The van der Waals surface area contributed by atoms with Crippen LogP contribution in [0.25, 0.3) is 0 Å². The van der Waals surface area contributed by atoms with Gasteiger partial charge < -0.3 is 24.5 Å². The van der Waals surface area contributed by atoms with Gasteiger partial charge in [0.15, 0.2) is 0 Å².